The third-order valence-corrected chi connectivity index (χ3v) is 5.66. The molecule has 0 radical (unpaired) electrons. The Labute approximate surface area is 173 Å². The van der Waals surface area contributed by atoms with Gasteiger partial charge in [-0.2, -0.15) is 0 Å². The van der Waals surface area contributed by atoms with E-state index in [1.54, 1.807) is 0 Å². The van der Waals surface area contributed by atoms with Crippen molar-refractivity contribution >= 4 is 34.1 Å². The molecule has 0 saturated heterocycles. The van der Waals surface area contributed by atoms with E-state index in [9.17, 15) is 18.8 Å². The van der Waals surface area contributed by atoms with E-state index in [1.165, 1.54) is 35.6 Å². The number of halogens is 1. The molecule has 1 aliphatic heterocycles. The van der Waals surface area contributed by atoms with Crippen LogP contribution in [0.5, 0.6) is 0 Å². The maximum absolute atomic E-state index is 12.9. The summed E-state index contributed by atoms with van der Waals surface area (Å²) in [6.07, 6.45) is 1.27. The average Bonchev–Trinajstić information content (AvgIpc) is 3.07. The first kappa shape index (κ1) is 21.1. The second-order valence-electron chi connectivity index (χ2n) is 7.53. The van der Waals surface area contributed by atoms with Gasteiger partial charge in [-0.25, -0.2) is 9.37 Å². The number of aromatic nitrogens is 1. The topological polar surface area (TPSA) is 79.4 Å². The summed E-state index contributed by atoms with van der Waals surface area (Å²) in [5.74, 6) is -0.449. The molecule has 1 aliphatic rings. The van der Waals surface area contributed by atoms with Gasteiger partial charge in [-0.15, -0.1) is 0 Å². The zero-order valence-electron chi connectivity index (χ0n) is 16.5. The molecule has 0 atom stereocenters. The molecular weight excluding hydrogens is 393 g/mol. The zero-order chi connectivity index (χ0) is 21.0. The highest BCUT2D eigenvalue weighted by Gasteiger charge is 2.25. The van der Waals surface area contributed by atoms with Gasteiger partial charge in [0.25, 0.3) is 0 Å². The monoisotopic (exact) mass is 417 g/mol. The van der Waals surface area contributed by atoms with E-state index in [1.807, 2.05) is 18.7 Å². The van der Waals surface area contributed by atoms with Crippen LogP contribution in [0.25, 0.3) is 0 Å². The van der Waals surface area contributed by atoms with Gasteiger partial charge < -0.3 is 10.2 Å². The van der Waals surface area contributed by atoms with Crippen molar-refractivity contribution < 1.29 is 18.8 Å². The molecular formula is C21H24FN3O3S. The van der Waals surface area contributed by atoms with Crippen LogP contribution in [-0.2, 0) is 22.6 Å². The van der Waals surface area contributed by atoms with Crippen LogP contribution in [0.1, 0.15) is 54.0 Å². The molecule has 0 spiro atoms. The molecule has 0 bridgehead atoms. The van der Waals surface area contributed by atoms with Crippen molar-refractivity contribution in [2.24, 2.45) is 5.92 Å². The Bertz CT molecular complexity index is 908. The molecule has 0 fully saturated rings. The fourth-order valence-corrected chi connectivity index (χ4v) is 4.17. The highest BCUT2D eigenvalue weighted by Crippen LogP contribution is 2.29. The second-order valence-corrected chi connectivity index (χ2v) is 8.61. The smallest absolute Gasteiger partial charge is 0.226 e. The molecule has 0 unspecified atom stereocenters. The van der Waals surface area contributed by atoms with E-state index in [0.29, 0.717) is 42.5 Å². The van der Waals surface area contributed by atoms with Gasteiger partial charge in [-0.3, -0.25) is 14.4 Å². The third-order valence-electron chi connectivity index (χ3n) is 4.66. The van der Waals surface area contributed by atoms with Crippen LogP contribution in [0, 0.1) is 11.7 Å². The molecule has 6 nitrogen and oxygen atoms in total. The van der Waals surface area contributed by atoms with Crippen LogP contribution in [0.2, 0.25) is 0 Å². The molecule has 2 heterocycles. The molecule has 1 aromatic heterocycles. The normalized spacial score (nSPS) is 13.3. The van der Waals surface area contributed by atoms with Gasteiger partial charge in [0.15, 0.2) is 10.9 Å². The predicted molar refractivity (Wildman–Crippen MR) is 109 cm³/mol. The van der Waals surface area contributed by atoms with Gasteiger partial charge in [0.05, 0.1) is 12.2 Å². The Balaban J connectivity index is 1.52. The largest absolute Gasteiger partial charge is 0.337 e. The SMILES string of the molecule is CC(C)CC(=O)N1CCc2nc(NC(=O)CCC(=O)c3ccc(F)cc3)sc2C1. The summed E-state index contributed by atoms with van der Waals surface area (Å²) in [6, 6.07) is 5.28. The van der Waals surface area contributed by atoms with E-state index in [0.717, 1.165) is 10.6 Å². The lowest BCUT2D eigenvalue weighted by Gasteiger charge is -2.26. The minimum absolute atomic E-state index is 0.0272. The van der Waals surface area contributed by atoms with Crippen molar-refractivity contribution in [2.45, 2.75) is 46.1 Å². The number of anilines is 1. The van der Waals surface area contributed by atoms with Crippen LogP contribution in [0.4, 0.5) is 9.52 Å². The third kappa shape index (κ3) is 5.69. The predicted octanol–water partition coefficient (Wildman–Crippen LogP) is 3.81. The average molecular weight is 418 g/mol. The fraction of sp³-hybridized carbons (Fsp3) is 0.429. The van der Waals surface area contributed by atoms with Crippen molar-refractivity contribution in [1.29, 1.82) is 0 Å². The van der Waals surface area contributed by atoms with Crippen molar-refractivity contribution in [3.05, 3.63) is 46.2 Å². The maximum Gasteiger partial charge on any atom is 0.226 e. The van der Waals surface area contributed by atoms with Crippen molar-refractivity contribution in [1.82, 2.24) is 9.88 Å². The van der Waals surface area contributed by atoms with Gasteiger partial charge in [-0.1, -0.05) is 25.2 Å². The van der Waals surface area contributed by atoms with Crippen LogP contribution in [-0.4, -0.2) is 34.0 Å². The van der Waals surface area contributed by atoms with Gasteiger partial charge in [0.1, 0.15) is 5.82 Å². The maximum atomic E-state index is 12.9. The molecule has 1 aromatic carbocycles. The van der Waals surface area contributed by atoms with Crippen molar-refractivity contribution in [3.8, 4) is 0 Å². The van der Waals surface area contributed by atoms with Gasteiger partial charge >= 0.3 is 0 Å². The van der Waals surface area contributed by atoms with Crippen molar-refractivity contribution in [2.75, 3.05) is 11.9 Å². The second kappa shape index (κ2) is 9.26. The number of hydrogen-bond donors (Lipinski definition) is 1. The minimum atomic E-state index is -0.406. The van der Waals surface area contributed by atoms with E-state index in [4.69, 9.17) is 0 Å². The Morgan fingerprint density at radius 1 is 1.21 bits per heavy atom. The number of Topliss-reactive ketones (excluding diaryl/α,β-unsaturated/α-hetero) is 1. The Hall–Kier alpha value is -2.61. The van der Waals surface area contributed by atoms with Gasteiger partial charge in [-0.05, 0) is 30.2 Å². The number of fused-ring (bicyclic) bond motifs is 1. The van der Waals surface area contributed by atoms with E-state index >= 15 is 0 Å². The number of benzene rings is 1. The zero-order valence-corrected chi connectivity index (χ0v) is 17.4. The first-order valence-corrected chi connectivity index (χ1v) is 10.5. The number of ketones is 1. The van der Waals surface area contributed by atoms with Crippen LogP contribution in [0.15, 0.2) is 24.3 Å². The van der Waals surface area contributed by atoms with Crippen LogP contribution in [0.3, 0.4) is 0 Å². The lowest BCUT2D eigenvalue weighted by atomic mass is 10.1. The summed E-state index contributed by atoms with van der Waals surface area (Å²) in [7, 11) is 0. The van der Waals surface area contributed by atoms with Gasteiger partial charge in [0, 0.05) is 42.7 Å². The number of nitrogens with zero attached hydrogens (tertiary/aromatic N) is 2. The quantitative estimate of drug-likeness (QED) is 0.695. The summed E-state index contributed by atoms with van der Waals surface area (Å²) >= 11 is 1.37. The standard InChI is InChI=1S/C21H24FN3O3S/c1-13(2)11-20(28)25-10-9-16-18(12-25)29-21(23-16)24-19(27)8-7-17(26)14-3-5-15(22)6-4-14/h3-6,13H,7-12H2,1-2H3,(H,23,24,27). The van der Waals surface area contributed by atoms with E-state index in [-0.39, 0.29) is 30.4 Å². The number of hydrogen-bond acceptors (Lipinski definition) is 5. The molecule has 2 amide bonds. The molecule has 0 saturated carbocycles. The highest BCUT2D eigenvalue weighted by molar-refractivity contribution is 7.15. The van der Waals surface area contributed by atoms with Crippen LogP contribution >= 0.6 is 11.3 Å². The number of carbonyl (C=O) groups is 3. The number of thiazole rings is 1. The summed E-state index contributed by atoms with van der Waals surface area (Å²) in [4.78, 5) is 43.9. The van der Waals surface area contributed by atoms with Crippen LogP contribution < -0.4 is 5.32 Å². The summed E-state index contributed by atoms with van der Waals surface area (Å²) in [6.45, 7) is 5.21. The van der Waals surface area contributed by atoms with Crippen molar-refractivity contribution in [3.63, 3.8) is 0 Å². The van der Waals surface area contributed by atoms with Gasteiger partial charge in [0.2, 0.25) is 11.8 Å². The minimum Gasteiger partial charge on any atom is -0.337 e. The number of carbonyl (C=O) groups excluding carboxylic acids is 3. The Kier molecular flexibility index (Phi) is 6.74. The highest BCUT2D eigenvalue weighted by atomic mass is 32.1. The summed E-state index contributed by atoms with van der Waals surface area (Å²) < 4.78 is 12.9. The lowest BCUT2D eigenvalue weighted by Crippen LogP contribution is -2.36. The Morgan fingerprint density at radius 3 is 2.62 bits per heavy atom. The number of amides is 2. The number of nitrogens with one attached hydrogen (secondary N) is 1. The molecule has 2 aromatic rings. The first-order chi connectivity index (χ1) is 13.8. The summed E-state index contributed by atoms with van der Waals surface area (Å²) in [5, 5.41) is 3.24. The molecule has 1 N–H and O–H groups in total. The Morgan fingerprint density at radius 2 is 1.93 bits per heavy atom. The fourth-order valence-electron chi connectivity index (χ4n) is 3.13. The molecule has 8 heteroatoms. The molecule has 29 heavy (non-hydrogen) atoms. The molecule has 3 rings (SSSR count). The summed E-state index contributed by atoms with van der Waals surface area (Å²) in [5.41, 5.74) is 1.30. The first-order valence-electron chi connectivity index (χ1n) is 9.66. The lowest BCUT2D eigenvalue weighted by molar-refractivity contribution is -0.132. The number of rotatable bonds is 7. The molecule has 0 aliphatic carbocycles. The molecule has 154 valence electrons. The van der Waals surface area contributed by atoms with E-state index < -0.39 is 5.82 Å². The van der Waals surface area contributed by atoms with E-state index in [2.05, 4.69) is 10.3 Å².